The van der Waals surface area contributed by atoms with Gasteiger partial charge in [-0.05, 0) is 114 Å². The molecule has 0 spiro atoms. The fraction of sp³-hybridized carbons (Fsp3) is 0. The highest BCUT2D eigenvalue weighted by molar-refractivity contribution is 8.01. The van der Waals surface area contributed by atoms with Crippen LogP contribution in [0.5, 0.6) is 0 Å². The number of furan rings is 1. The third-order valence-corrected chi connectivity index (χ3v) is 19.8. The highest BCUT2D eigenvalue weighted by Crippen LogP contribution is 2.46. The van der Waals surface area contributed by atoms with Gasteiger partial charge in [0.1, 0.15) is 42.6 Å². The van der Waals surface area contributed by atoms with E-state index < -0.39 is 0 Å². The van der Waals surface area contributed by atoms with Gasteiger partial charge in [-0.3, -0.25) is 0 Å². The van der Waals surface area contributed by atoms with Crippen LogP contribution in [0.15, 0.2) is 194 Å². The smallest absolute Gasteiger partial charge is 0.247 e. The Hall–Kier alpha value is -7.67. The Morgan fingerprint density at radius 3 is 1.79 bits per heavy atom. The van der Waals surface area contributed by atoms with E-state index >= 15 is 0 Å². The maximum absolute atomic E-state index is 10.1. The zero-order valence-corrected chi connectivity index (χ0v) is 42.7. The predicted octanol–water partition coefficient (Wildman–Crippen LogP) is 8.17. The molecule has 0 bridgehead atoms. The first kappa shape index (κ1) is 41.9. The van der Waals surface area contributed by atoms with Gasteiger partial charge in [-0.15, -0.1) is 16.8 Å². The number of aromatic nitrogens is 2. The van der Waals surface area contributed by atoms with Crippen molar-refractivity contribution < 1.29 is 4.42 Å². The molecule has 0 amide bonds. The molecule has 16 rings (SSSR count). The van der Waals surface area contributed by atoms with Crippen molar-refractivity contribution in [2.75, 3.05) is 0 Å². The molecule has 4 nitrogen and oxygen atoms in total. The van der Waals surface area contributed by atoms with E-state index in [0.717, 1.165) is 38.8 Å². The van der Waals surface area contributed by atoms with E-state index in [1.165, 1.54) is 127 Å². The molecule has 6 heterocycles. The first-order valence-corrected chi connectivity index (χ1v) is 27.3. The highest BCUT2D eigenvalue weighted by Gasteiger charge is 2.39. The van der Waals surface area contributed by atoms with Crippen molar-refractivity contribution >= 4 is 197 Å². The standard InChI is InChI=1S/C61H36B5N3OS3/c62-56-55-38-23-30(29-67)13-19-44(38)69(61(55)59(65)58(64)57(56)63)34-16-18-41-50(28-34)73-52-26-32(31-14-20-45-39(24-31)53-46(70-45)21-22-48-54(53)37-9-3-6-12-47(37)71-48)25-51-60(52)66(41)40-17-15-33(27-49(40)72-51)68-42-10-4-1-7-35(42)36-8-2-5-11-43(36)68/h1-28H,62-65H2. The minimum Gasteiger partial charge on any atom is -0.456 e. The zero-order chi connectivity index (χ0) is 48.5. The van der Waals surface area contributed by atoms with Crippen molar-refractivity contribution in [2.45, 2.75) is 19.6 Å². The van der Waals surface area contributed by atoms with Crippen molar-refractivity contribution in [3.8, 4) is 28.6 Å². The molecule has 0 radical (unpaired) electrons. The normalized spacial score (nSPS) is 13.0. The van der Waals surface area contributed by atoms with Crippen LogP contribution in [0, 0.1) is 11.3 Å². The average Bonchev–Trinajstić information content (AvgIpc) is 4.19. The molecule has 10 aromatic carbocycles. The van der Waals surface area contributed by atoms with Gasteiger partial charge in [0.25, 0.3) is 0 Å². The minimum atomic E-state index is 0.0402. The minimum absolute atomic E-state index is 0.0402. The predicted molar refractivity (Wildman–Crippen MR) is 324 cm³/mol. The van der Waals surface area contributed by atoms with Gasteiger partial charge in [-0.25, -0.2) is 0 Å². The Morgan fingerprint density at radius 2 is 1.08 bits per heavy atom. The quantitative estimate of drug-likeness (QED) is 0.168. The van der Waals surface area contributed by atoms with Crippen molar-refractivity contribution in [3.63, 3.8) is 0 Å². The van der Waals surface area contributed by atoms with E-state index in [9.17, 15) is 5.26 Å². The molecule has 4 aromatic heterocycles. The number of nitriles is 1. The summed E-state index contributed by atoms with van der Waals surface area (Å²) in [4.78, 5) is 5.11. The molecule has 0 fully saturated rings. The van der Waals surface area contributed by atoms with Gasteiger partial charge in [-0.1, -0.05) is 124 Å². The molecule has 0 aliphatic carbocycles. The molecule has 0 N–H and O–H groups in total. The lowest BCUT2D eigenvalue weighted by molar-refractivity contribution is 0.669. The number of hydrogen-bond acceptors (Lipinski definition) is 5. The summed E-state index contributed by atoms with van der Waals surface area (Å²) in [6.07, 6.45) is 0. The Labute approximate surface area is 436 Å². The number of benzene rings is 10. The first-order chi connectivity index (χ1) is 35.8. The van der Waals surface area contributed by atoms with Crippen molar-refractivity contribution in [1.82, 2.24) is 9.13 Å². The molecule has 0 saturated heterocycles. The van der Waals surface area contributed by atoms with Crippen LogP contribution in [-0.2, 0) is 0 Å². The van der Waals surface area contributed by atoms with Crippen LogP contribution >= 0.6 is 34.9 Å². The number of fused-ring (bicyclic) bond motifs is 17. The molecule has 334 valence electrons. The monoisotopic (exact) mass is 977 g/mol. The molecule has 0 saturated carbocycles. The first-order valence-electron chi connectivity index (χ1n) is 24.8. The topological polar surface area (TPSA) is 46.8 Å². The molecular weight excluding hydrogens is 941 g/mol. The van der Waals surface area contributed by atoms with Gasteiger partial charge in [-0.2, -0.15) is 5.26 Å². The molecule has 12 heteroatoms. The molecule has 2 aliphatic heterocycles. The molecule has 14 aromatic rings. The van der Waals surface area contributed by atoms with Crippen LogP contribution in [0.25, 0.3) is 108 Å². The van der Waals surface area contributed by atoms with Crippen LogP contribution in [0.1, 0.15) is 5.56 Å². The summed E-state index contributed by atoms with van der Waals surface area (Å²) in [7, 11) is 8.98. The fourth-order valence-corrected chi connectivity index (χ4v) is 16.3. The maximum atomic E-state index is 10.1. The van der Waals surface area contributed by atoms with E-state index in [2.05, 4.69) is 210 Å². The Balaban J connectivity index is 0.924. The molecular formula is C61H36B5N3OS3. The molecule has 0 unspecified atom stereocenters. The maximum Gasteiger partial charge on any atom is 0.247 e. The number of hydrogen-bond donors (Lipinski definition) is 0. The summed E-state index contributed by atoms with van der Waals surface area (Å²) in [5.41, 5.74) is 21.1. The largest absolute Gasteiger partial charge is 0.456 e. The summed E-state index contributed by atoms with van der Waals surface area (Å²) in [5.74, 6) is 0. The van der Waals surface area contributed by atoms with Gasteiger partial charge < -0.3 is 13.6 Å². The third-order valence-electron chi connectivity index (χ3n) is 16.4. The molecule has 0 atom stereocenters. The lowest BCUT2D eigenvalue weighted by atomic mass is 9.36. The SMILES string of the molecule is Bc1c(B)c(B)c2c(c1B)c1cc(C#N)ccc1n2-c1ccc2c(c1)Sc1cc(-c3ccc4oc5ccc6sc7ccccc7c6c5c4c3)cc3c1B2c1ccc(-n2c4ccccc4c4ccccc42)cc1S3. The molecule has 73 heavy (non-hydrogen) atoms. The molecule has 2 aliphatic rings. The summed E-state index contributed by atoms with van der Waals surface area (Å²) < 4.78 is 14.1. The van der Waals surface area contributed by atoms with Crippen molar-refractivity contribution in [3.05, 3.63) is 175 Å². The number of rotatable bonds is 3. The van der Waals surface area contributed by atoms with Crippen LogP contribution in [0.4, 0.5) is 0 Å². The number of para-hydroxylation sites is 2. The van der Waals surface area contributed by atoms with Gasteiger partial charge in [0, 0.05) is 89.0 Å². The van der Waals surface area contributed by atoms with Gasteiger partial charge in [0.15, 0.2) is 0 Å². The average molecular weight is 977 g/mol. The Kier molecular flexibility index (Phi) is 8.72. The van der Waals surface area contributed by atoms with E-state index in [1.807, 2.05) is 40.9 Å². The summed E-state index contributed by atoms with van der Waals surface area (Å²) in [6, 6.07) is 65.4. The van der Waals surface area contributed by atoms with Crippen LogP contribution < -0.4 is 38.2 Å². The van der Waals surface area contributed by atoms with Gasteiger partial charge >= 0.3 is 0 Å². The van der Waals surface area contributed by atoms with E-state index in [4.69, 9.17) is 4.42 Å². The van der Waals surface area contributed by atoms with E-state index in [-0.39, 0.29) is 6.71 Å². The number of nitrogens with zero attached hydrogens (tertiary/aromatic N) is 3. The van der Waals surface area contributed by atoms with E-state index in [0.29, 0.717) is 5.56 Å². The third kappa shape index (κ3) is 5.76. The van der Waals surface area contributed by atoms with Crippen molar-refractivity contribution in [1.29, 1.82) is 5.26 Å². The summed E-state index contributed by atoms with van der Waals surface area (Å²) in [5, 5.41) is 19.8. The lowest BCUT2D eigenvalue weighted by Gasteiger charge is -2.34. The van der Waals surface area contributed by atoms with E-state index in [1.54, 1.807) is 0 Å². The lowest BCUT2D eigenvalue weighted by Crippen LogP contribution is -2.58. The van der Waals surface area contributed by atoms with Gasteiger partial charge in [0.2, 0.25) is 6.71 Å². The van der Waals surface area contributed by atoms with Crippen LogP contribution in [0.3, 0.4) is 0 Å². The Morgan fingerprint density at radius 1 is 0.452 bits per heavy atom. The zero-order valence-electron chi connectivity index (χ0n) is 40.2. The highest BCUT2D eigenvalue weighted by atomic mass is 32.2. The Bertz CT molecular complexity index is 4850. The summed E-state index contributed by atoms with van der Waals surface area (Å²) >= 11 is 5.66. The summed E-state index contributed by atoms with van der Waals surface area (Å²) in [6.45, 7) is 0.0402. The van der Waals surface area contributed by atoms with Crippen molar-refractivity contribution in [2.24, 2.45) is 0 Å². The van der Waals surface area contributed by atoms with Gasteiger partial charge in [0.05, 0.1) is 28.2 Å². The number of thiophene rings is 1. The fourth-order valence-electron chi connectivity index (χ4n) is 12.7. The second-order valence-electron chi connectivity index (χ2n) is 20.0. The van der Waals surface area contributed by atoms with Crippen LogP contribution in [0.2, 0.25) is 0 Å². The second kappa shape index (κ2) is 15.2. The van der Waals surface area contributed by atoms with Crippen LogP contribution in [-0.4, -0.2) is 47.2 Å². The second-order valence-corrected chi connectivity index (χ2v) is 23.2.